The lowest BCUT2D eigenvalue weighted by molar-refractivity contribution is 0.264. The van der Waals surface area contributed by atoms with Crippen LogP contribution in [0.5, 0.6) is 0 Å². The predicted octanol–water partition coefficient (Wildman–Crippen LogP) is 4.11. The lowest BCUT2D eigenvalue weighted by atomic mass is 9.92. The Morgan fingerprint density at radius 1 is 1.21 bits per heavy atom. The van der Waals surface area contributed by atoms with E-state index in [4.69, 9.17) is 11.6 Å². The summed E-state index contributed by atoms with van der Waals surface area (Å²) in [5.74, 6) is -0.444. The zero-order valence-corrected chi connectivity index (χ0v) is 11.5. The maximum Gasteiger partial charge on any atom is 0.142 e. The first-order valence-corrected chi connectivity index (χ1v) is 6.59. The van der Waals surface area contributed by atoms with Gasteiger partial charge < -0.3 is 5.11 Å². The Hall–Kier alpha value is -1.38. The molecule has 0 aromatic heterocycles. The van der Waals surface area contributed by atoms with Gasteiger partial charge in [-0.15, -0.1) is 0 Å². The van der Waals surface area contributed by atoms with Crippen molar-refractivity contribution in [2.75, 3.05) is 6.61 Å². The number of benzene rings is 2. The normalized spacial score (nSPS) is 12.4. The van der Waals surface area contributed by atoms with Crippen LogP contribution in [0.3, 0.4) is 0 Å². The fourth-order valence-corrected chi connectivity index (χ4v) is 2.28. The minimum absolute atomic E-state index is 0.0273. The van der Waals surface area contributed by atoms with Gasteiger partial charge in [0.2, 0.25) is 0 Å². The Bertz CT molecular complexity index is 568. The Kier molecular flexibility index (Phi) is 4.56. The first-order valence-electron chi connectivity index (χ1n) is 6.21. The maximum absolute atomic E-state index is 13.4. The molecule has 2 aromatic carbocycles. The van der Waals surface area contributed by atoms with Crippen LogP contribution in [-0.4, -0.2) is 11.7 Å². The summed E-state index contributed by atoms with van der Waals surface area (Å²) in [5, 5.41) is 9.66. The third-order valence-electron chi connectivity index (χ3n) is 3.20. The molecule has 0 bridgehead atoms. The van der Waals surface area contributed by atoms with Gasteiger partial charge in [-0.1, -0.05) is 47.5 Å². The van der Waals surface area contributed by atoms with E-state index in [1.165, 1.54) is 6.07 Å². The van der Waals surface area contributed by atoms with Gasteiger partial charge in [0.05, 0.1) is 11.6 Å². The lowest BCUT2D eigenvalue weighted by Crippen LogP contribution is -2.08. The molecule has 0 aliphatic carbocycles. The van der Waals surface area contributed by atoms with Gasteiger partial charge in [-0.05, 0) is 36.6 Å². The van der Waals surface area contributed by atoms with Gasteiger partial charge in [-0.3, -0.25) is 0 Å². The van der Waals surface area contributed by atoms with Crippen molar-refractivity contribution in [1.29, 1.82) is 0 Å². The van der Waals surface area contributed by atoms with E-state index in [9.17, 15) is 9.50 Å². The van der Waals surface area contributed by atoms with Crippen LogP contribution in [0.4, 0.5) is 4.39 Å². The Balaban J connectivity index is 2.21. The molecule has 2 rings (SSSR count). The second kappa shape index (κ2) is 6.18. The molecule has 0 fully saturated rings. The summed E-state index contributed by atoms with van der Waals surface area (Å²) >= 11 is 5.66. The number of aliphatic hydroxyl groups excluding tert-OH is 1. The largest absolute Gasteiger partial charge is 0.396 e. The second-order valence-electron chi connectivity index (χ2n) is 4.75. The van der Waals surface area contributed by atoms with E-state index in [0.29, 0.717) is 6.42 Å². The quantitative estimate of drug-likeness (QED) is 0.892. The molecule has 0 amide bonds. The number of hydrogen-bond donors (Lipinski definition) is 1. The second-order valence-corrected chi connectivity index (χ2v) is 5.15. The summed E-state index contributed by atoms with van der Waals surface area (Å²) in [5.41, 5.74) is 3.05. The van der Waals surface area contributed by atoms with Crippen molar-refractivity contribution in [3.63, 3.8) is 0 Å². The van der Waals surface area contributed by atoms with Gasteiger partial charge >= 0.3 is 0 Å². The molecular formula is C16H16ClFO. The molecular weight excluding hydrogens is 263 g/mol. The highest BCUT2D eigenvalue weighted by Gasteiger charge is 2.12. The molecule has 0 aliphatic heterocycles. The smallest absolute Gasteiger partial charge is 0.142 e. The van der Waals surface area contributed by atoms with Crippen LogP contribution in [0.25, 0.3) is 0 Å². The van der Waals surface area contributed by atoms with Gasteiger partial charge in [0.15, 0.2) is 0 Å². The van der Waals surface area contributed by atoms with Gasteiger partial charge in [-0.2, -0.15) is 0 Å². The molecule has 2 aromatic rings. The van der Waals surface area contributed by atoms with Crippen molar-refractivity contribution < 1.29 is 9.50 Å². The molecule has 3 heteroatoms. The van der Waals surface area contributed by atoms with E-state index in [1.807, 2.05) is 31.2 Å². The van der Waals surface area contributed by atoms with Crippen LogP contribution in [0.2, 0.25) is 5.02 Å². The molecule has 1 nitrogen and oxygen atoms in total. The van der Waals surface area contributed by atoms with Crippen molar-refractivity contribution in [3.05, 3.63) is 70.0 Å². The van der Waals surface area contributed by atoms with E-state index in [0.717, 1.165) is 16.7 Å². The van der Waals surface area contributed by atoms with Crippen molar-refractivity contribution >= 4 is 11.6 Å². The lowest BCUT2D eigenvalue weighted by Gasteiger charge is -2.15. The summed E-state index contributed by atoms with van der Waals surface area (Å²) in [6.07, 6.45) is 0.591. The first kappa shape index (κ1) is 14.0. The molecule has 0 spiro atoms. The third-order valence-corrected chi connectivity index (χ3v) is 3.51. The van der Waals surface area contributed by atoms with Gasteiger partial charge in [-0.25, -0.2) is 4.39 Å². The van der Waals surface area contributed by atoms with Gasteiger partial charge in [0, 0.05) is 5.92 Å². The van der Waals surface area contributed by atoms with Gasteiger partial charge in [0.25, 0.3) is 0 Å². The van der Waals surface area contributed by atoms with Crippen molar-refractivity contribution in [2.24, 2.45) is 0 Å². The van der Waals surface area contributed by atoms with Crippen LogP contribution < -0.4 is 0 Å². The number of rotatable bonds is 4. The fraction of sp³-hybridized carbons (Fsp3) is 0.250. The van der Waals surface area contributed by atoms with E-state index < -0.39 is 5.82 Å². The minimum Gasteiger partial charge on any atom is -0.396 e. The molecule has 19 heavy (non-hydrogen) atoms. The van der Waals surface area contributed by atoms with E-state index in [2.05, 4.69) is 0 Å². The molecule has 1 unspecified atom stereocenters. The molecule has 0 radical (unpaired) electrons. The number of aliphatic hydroxyl groups is 1. The SMILES string of the molecule is Cc1cccc(C(CO)Cc2ccc(Cl)c(F)c2)c1. The summed E-state index contributed by atoms with van der Waals surface area (Å²) in [6, 6.07) is 12.8. The third kappa shape index (κ3) is 3.55. The van der Waals surface area contributed by atoms with Gasteiger partial charge in [0.1, 0.15) is 5.82 Å². The molecule has 0 heterocycles. The van der Waals surface area contributed by atoms with Crippen LogP contribution in [-0.2, 0) is 6.42 Å². The minimum atomic E-state index is -0.417. The Morgan fingerprint density at radius 3 is 2.63 bits per heavy atom. The molecule has 0 aliphatic rings. The molecule has 1 N–H and O–H groups in total. The average Bonchev–Trinajstić information content (AvgIpc) is 2.40. The number of hydrogen-bond acceptors (Lipinski definition) is 1. The van der Waals surface area contributed by atoms with E-state index in [1.54, 1.807) is 12.1 Å². The molecule has 0 saturated carbocycles. The summed E-state index contributed by atoms with van der Waals surface area (Å²) in [6.45, 7) is 2.05. The standard InChI is InChI=1S/C16H16ClFO/c1-11-3-2-4-13(7-11)14(10-19)8-12-5-6-15(17)16(18)9-12/h2-7,9,14,19H,8,10H2,1H3. The van der Waals surface area contributed by atoms with Crippen LogP contribution in [0.15, 0.2) is 42.5 Å². The molecule has 0 saturated heterocycles. The topological polar surface area (TPSA) is 20.2 Å². The number of halogens is 2. The Labute approximate surface area is 117 Å². The van der Waals surface area contributed by atoms with Crippen LogP contribution in [0.1, 0.15) is 22.6 Å². The zero-order valence-electron chi connectivity index (χ0n) is 10.7. The van der Waals surface area contributed by atoms with Crippen molar-refractivity contribution in [1.82, 2.24) is 0 Å². The van der Waals surface area contributed by atoms with Crippen LogP contribution in [0, 0.1) is 12.7 Å². The predicted molar refractivity (Wildman–Crippen MR) is 76.1 cm³/mol. The highest BCUT2D eigenvalue weighted by atomic mass is 35.5. The monoisotopic (exact) mass is 278 g/mol. The van der Waals surface area contributed by atoms with E-state index >= 15 is 0 Å². The zero-order chi connectivity index (χ0) is 13.8. The Morgan fingerprint density at radius 2 is 2.00 bits per heavy atom. The highest BCUT2D eigenvalue weighted by molar-refractivity contribution is 6.30. The van der Waals surface area contributed by atoms with Crippen LogP contribution >= 0.6 is 11.6 Å². The fourth-order valence-electron chi connectivity index (χ4n) is 2.16. The molecule has 1 atom stereocenters. The summed E-state index contributed by atoms with van der Waals surface area (Å²) < 4.78 is 13.4. The maximum atomic E-state index is 13.4. The molecule has 100 valence electrons. The first-order chi connectivity index (χ1) is 9.10. The number of aryl methyl sites for hydroxylation is 1. The summed E-state index contributed by atoms with van der Waals surface area (Å²) in [7, 11) is 0. The highest BCUT2D eigenvalue weighted by Crippen LogP contribution is 2.23. The summed E-state index contributed by atoms with van der Waals surface area (Å²) in [4.78, 5) is 0. The average molecular weight is 279 g/mol. The van der Waals surface area contributed by atoms with E-state index in [-0.39, 0.29) is 17.5 Å². The van der Waals surface area contributed by atoms with Crippen molar-refractivity contribution in [2.45, 2.75) is 19.3 Å². The van der Waals surface area contributed by atoms with Crippen molar-refractivity contribution in [3.8, 4) is 0 Å².